The standard InChI is InChI=1S/C14H12F2O2/c1-9-13(16)6-12(7-14(9)17)18-8-10-3-2-4-11(15)5-10/h2-7,9H,8H2,1H3. The van der Waals surface area contributed by atoms with Gasteiger partial charge in [-0.25, -0.2) is 8.78 Å². The molecule has 0 bridgehead atoms. The average molecular weight is 250 g/mol. The first-order valence-electron chi connectivity index (χ1n) is 5.56. The van der Waals surface area contributed by atoms with Crippen LogP contribution in [0.3, 0.4) is 0 Å². The Morgan fingerprint density at radius 3 is 2.72 bits per heavy atom. The van der Waals surface area contributed by atoms with Crippen molar-refractivity contribution >= 4 is 5.78 Å². The molecule has 1 aromatic carbocycles. The second-order valence-corrected chi connectivity index (χ2v) is 4.12. The summed E-state index contributed by atoms with van der Waals surface area (Å²) >= 11 is 0. The van der Waals surface area contributed by atoms with Crippen molar-refractivity contribution in [1.29, 1.82) is 0 Å². The fourth-order valence-electron chi connectivity index (χ4n) is 1.58. The van der Waals surface area contributed by atoms with Crippen LogP contribution in [0.5, 0.6) is 0 Å². The third-order valence-corrected chi connectivity index (χ3v) is 2.70. The highest BCUT2D eigenvalue weighted by molar-refractivity contribution is 5.95. The summed E-state index contributed by atoms with van der Waals surface area (Å²) in [5.41, 5.74) is 0.621. The van der Waals surface area contributed by atoms with Crippen LogP contribution in [0, 0.1) is 11.7 Å². The zero-order valence-electron chi connectivity index (χ0n) is 9.82. The monoisotopic (exact) mass is 250 g/mol. The van der Waals surface area contributed by atoms with Crippen LogP contribution >= 0.6 is 0 Å². The Balaban J connectivity index is 2.03. The molecule has 0 aromatic heterocycles. The Bertz CT molecular complexity index is 532. The molecule has 1 unspecified atom stereocenters. The van der Waals surface area contributed by atoms with E-state index in [0.717, 1.165) is 0 Å². The van der Waals surface area contributed by atoms with Gasteiger partial charge in [0, 0.05) is 12.2 Å². The Hall–Kier alpha value is -1.97. The molecular formula is C14H12F2O2. The van der Waals surface area contributed by atoms with Crippen molar-refractivity contribution in [2.24, 2.45) is 5.92 Å². The average Bonchev–Trinajstić information content (AvgIpc) is 2.33. The third kappa shape index (κ3) is 2.83. The van der Waals surface area contributed by atoms with Crippen molar-refractivity contribution in [3.63, 3.8) is 0 Å². The molecule has 0 radical (unpaired) electrons. The van der Waals surface area contributed by atoms with Gasteiger partial charge >= 0.3 is 0 Å². The van der Waals surface area contributed by atoms with Gasteiger partial charge in [-0.15, -0.1) is 0 Å². The van der Waals surface area contributed by atoms with E-state index in [1.165, 1.54) is 31.2 Å². The normalized spacial score (nSPS) is 19.3. The fraction of sp³-hybridized carbons (Fsp3) is 0.214. The second kappa shape index (κ2) is 5.12. The molecule has 0 amide bonds. The van der Waals surface area contributed by atoms with Crippen LogP contribution in [0.15, 0.2) is 48.0 Å². The van der Waals surface area contributed by atoms with Crippen LogP contribution in [0.25, 0.3) is 0 Å². The SMILES string of the molecule is CC1C(=O)C=C(OCc2cccc(F)c2)C=C1F. The van der Waals surface area contributed by atoms with Crippen molar-refractivity contribution in [3.05, 3.63) is 59.4 Å². The lowest BCUT2D eigenvalue weighted by molar-refractivity contribution is -0.117. The summed E-state index contributed by atoms with van der Waals surface area (Å²) in [6, 6.07) is 5.91. The summed E-state index contributed by atoms with van der Waals surface area (Å²) in [6.45, 7) is 1.59. The lowest BCUT2D eigenvalue weighted by atomic mass is 9.99. The molecule has 0 N–H and O–H groups in total. The van der Waals surface area contributed by atoms with Gasteiger partial charge < -0.3 is 4.74 Å². The second-order valence-electron chi connectivity index (χ2n) is 4.12. The van der Waals surface area contributed by atoms with Gasteiger partial charge in [-0.05, 0) is 24.6 Å². The maximum Gasteiger partial charge on any atom is 0.168 e. The van der Waals surface area contributed by atoms with Gasteiger partial charge in [0.15, 0.2) is 5.78 Å². The summed E-state index contributed by atoms with van der Waals surface area (Å²) < 4.78 is 31.5. The third-order valence-electron chi connectivity index (χ3n) is 2.70. The minimum atomic E-state index is -0.744. The van der Waals surface area contributed by atoms with Gasteiger partial charge in [0.2, 0.25) is 0 Å². The molecule has 0 spiro atoms. The minimum absolute atomic E-state index is 0.0923. The van der Waals surface area contributed by atoms with Gasteiger partial charge in [-0.1, -0.05) is 12.1 Å². The predicted octanol–water partition coefficient (Wildman–Crippen LogP) is 3.30. The number of hydrogen-bond acceptors (Lipinski definition) is 2. The molecule has 94 valence electrons. The van der Waals surface area contributed by atoms with Crippen LogP contribution in [-0.2, 0) is 16.1 Å². The summed E-state index contributed by atoms with van der Waals surface area (Å²) in [5, 5.41) is 0. The molecule has 1 atom stereocenters. The first-order valence-corrected chi connectivity index (χ1v) is 5.56. The molecule has 0 saturated heterocycles. The van der Waals surface area contributed by atoms with E-state index in [4.69, 9.17) is 4.74 Å². The first kappa shape index (κ1) is 12.5. The number of ether oxygens (including phenoxy) is 1. The number of rotatable bonds is 3. The summed E-state index contributed by atoms with van der Waals surface area (Å²) in [5.74, 6) is -1.78. The van der Waals surface area contributed by atoms with Crippen molar-refractivity contribution in [2.45, 2.75) is 13.5 Å². The van der Waals surface area contributed by atoms with Gasteiger partial charge in [0.05, 0.1) is 5.92 Å². The number of ketones is 1. The fourth-order valence-corrected chi connectivity index (χ4v) is 1.58. The molecule has 4 heteroatoms. The Labute approximate surface area is 104 Å². The van der Waals surface area contributed by atoms with Gasteiger partial charge in [0.1, 0.15) is 24.0 Å². The highest BCUT2D eigenvalue weighted by Crippen LogP contribution is 2.23. The van der Waals surface area contributed by atoms with Crippen molar-refractivity contribution in [2.75, 3.05) is 0 Å². The number of benzene rings is 1. The van der Waals surface area contributed by atoms with Crippen molar-refractivity contribution < 1.29 is 18.3 Å². The smallest absolute Gasteiger partial charge is 0.168 e. The van der Waals surface area contributed by atoms with Crippen molar-refractivity contribution in [3.8, 4) is 0 Å². The molecule has 0 fully saturated rings. The highest BCUT2D eigenvalue weighted by atomic mass is 19.1. The van der Waals surface area contributed by atoms with E-state index < -0.39 is 11.7 Å². The molecule has 2 nitrogen and oxygen atoms in total. The number of allylic oxidation sites excluding steroid dienone is 3. The van der Waals surface area contributed by atoms with E-state index >= 15 is 0 Å². The number of halogens is 2. The van der Waals surface area contributed by atoms with Crippen LogP contribution in [0.1, 0.15) is 12.5 Å². The molecule has 1 aliphatic carbocycles. The molecule has 1 aliphatic rings. The zero-order chi connectivity index (χ0) is 13.1. The first-order chi connectivity index (χ1) is 8.56. The molecular weight excluding hydrogens is 238 g/mol. The number of hydrogen-bond donors (Lipinski definition) is 0. The highest BCUT2D eigenvalue weighted by Gasteiger charge is 2.21. The largest absolute Gasteiger partial charge is 0.489 e. The maximum absolute atomic E-state index is 13.3. The lowest BCUT2D eigenvalue weighted by Gasteiger charge is -2.14. The quantitative estimate of drug-likeness (QED) is 0.822. The summed E-state index contributed by atoms with van der Waals surface area (Å²) in [4.78, 5) is 11.4. The molecule has 0 saturated carbocycles. The maximum atomic E-state index is 13.3. The van der Waals surface area contributed by atoms with E-state index in [9.17, 15) is 13.6 Å². The van der Waals surface area contributed by atoms with Gasteiger partial charge in [-0.2, -0.15) is 0 Å². The van der Waals surface area contributed by atoms with E-state index in [2.05, 4.69) is 0 Å². The minimum Gasteiger partial charge on any atom is -0.489 e. The molecule has 0 aliphatic heterocycles. The van der Waals surface area contributed by atoms with Crippen molar-refractivity contribution in [1.82, 2.24) is 0 Å². The Kier molecular flexibility index (Phi) is 3.55. The Morgan fingerprint density at radius 1 is 1.28 bits per heavy atom. The number of carbonyl (C=O) groups excluding carboxylic acids is 1. The molecule has 2 rings (SSSR count). The zero-order valence-corrected chi connectivity index (χ0v) is 9.82. The molecule has 18 heavy (non-hydrogen) atoms. The van der Waals surface area contributed by atoms with Crippen LogP contribution in [0.4, 0.5) is 8.78 Å². The van der Waals surface area contributed by atoms with Gasteiger partial charge in [0.25, 0.3) is 0 Å². The summed E-state index contributed by atoms with van der Waals surface area (Å²) in [7, 11) is 0. The van der Waals surface area contributed by atoms with E-state index in [-0.39, 0.29) is 24.0 Å². The molecule has 0 heterocycles. The molecule has 1 aromatic rings. The van der Waals surface area contributed by atoms with Gasteiger partial charge in [-0.3, -0.25) is 4.79 Å². The Morgan fingerprint density at radius 2 is 2.06 bits per heavy atom. The van der Waals surface area contributed by atoms with Crippen LogP contribution in [-0.4, -0.2) is 5.78 Å². The van der Waals surface area contributed by atoms with E-state index in [0.29, 0.717) is 5.56 Å². The topological polar surface area (TPSA) is 26.3 Å². The van der Waals surface area contributed by atoms with Crippen LogP contribution in [0.2, 0.25) is 0 Å². The van der Waals surface area contributed by atoms with E-state index in [1.807, 2.05) is 0 Å². The summed E-state index contributed by atoms with van der Waals surface area (Å²) in [6.07, 6.45) is 2.44. The predicted molar refractivity (Wildman–Crippen MR) is 62.6 cm³/mol. The van der Waals surface area contributed by atoms with Crippen LogP contribution < -0.4 is 0 Å². The van der Waals surface area contributed by atoms with E-state index in [1.54, 1.807) is 12.1 Å². The number of carbonyl (C=O) groups is 1. The lowest BCUT2D eigenvalue weighted by Crippen LogP contribution is -2.14.